The predicted octanol–water partition coefficient (Wildman–Crippen LogP) is 3.71. The number of carbonyl (C=O) groups is 1. The summed E-state index contributed by atoms with van der Waals surface area (Å²) in [6.07, 6.45) is 0.731. The van der Waals surface area contributed by atoms with Crippen molar-refractivity contribution in [2.75, 3.05) is 18.5 Å². The number of nitrogens with one attached hydrogen (secondary N) is 1. The third kappa shape index (κ3) is 2.87. The summed E-state index contributed by atoms with van der Waals surface area (Å²) in [7, 11) is 0. The van der Waals surface area contributed by atoms with Crippen molar-refractivity contribution >= 4 is 11.6 Å². The Kier molecular flexibility index (Phi) is 4.13. The molecule has 2 atom stereocenters. The maximum absolute atomic E-state index is 14.4. The predicted molar refractivity (Wildman–Crippen MR) is 89.2 cm³/mol. The summed E-state index contributed by atoms with van der Waals surface area (Å²) in [6, 6.07) is 10.7. The number of ether oxygens (including phenoxy) is 1. The highest BCUT2D eigenvalue weighted by Crippen LogP contribution is 2.35. The molecule has 2 aliphatic heterocycles. The lowest BCUT2D eigenvalue weighted by atomic mass is 10.0. The fraction of sp³-hybridized carbons (Fsp3) is 0.316. The van der Waals surface area contributed by atoms with Crippen LogP contribution in [0.25, 0.3) is 0 Å². The van der Waals surface area contributed by atoms with Gasteiger partial charge in [0, 0.05) is 18.8 Å². The summed E-state index contributed by atoms with van der Waals surface area (Å²) in [6.45, 7) is 0.939. The highest BCUT2D eigenvalue weighted by Gasteiger charge is 2.37. The average Bonchev–Trinajstić information content (AvgIpc) is 3.11. The normalized spacial score (nSPS) is 22.6. The van der Waals surface area contributed by atoms with Gasteiger partial charge in [0.15, 0.2) is 0 Å². The van der Waals surface area contributed by atoms with E-state index in [2.05, 4.69) is 5.32 Å². The first-order chi connectivity index (χ1) is 12.1. The molecule has 2 aromatic carbocycles. The maximum atomic E-state index is 14.4. The minimum absolute atomic E-state index is 0.117. The molecule has 1 fully saturated rings. The highest BCUT2D eigenvalue weighted by molar-refractivity contribution is 6.01. The monoisotopic (exact) mass is 344 g/mol. The molecule has 2 aliphatic rings. The smallest absolute Gasteiger partial charge is 0.257 e. The summed E-state index contributed by atoms with van der Waals surface area (Å²) in [5, 5.41) is 3.12. The van der Waals surface area contributed by atoms with Crippen molar-refractivity contribution in [3.05, 3.63) is 65.2 Å². The van der Waals surface area contributed by atoms with Crippen molar-refractivity contribution in [1.29, 1.82) is 0 Å². The van der Waals surface area contributed by atoms with E-state index in [1.54, 1.807) is 24.3 Å². The molecule has 4 rings (SSSR count). The minimum Gasteiger partial charge on any atom is -0.376 e. The molecule has 0 bridgehead atoms. The van der Waals surface area contributed by atoms with Gasteiger partial charge < -0.3 is 15.0 Å². The number of hydrogen-bond donors (Lipinski definition) is 1. The molecule has 0 saturated carbocycles. The molecule has 0 aromatic heterocycles. The van der Waals surface area contributed by atoms with E-state index in [0.717, 1.165) is 12.8 Å². The number of amides is 1. The van der Waals surface area contributed by atoms with E-state index in [-0.39, 0.29) is 17.6 Å². The fourth-order valence-electron chi connectivity index (χ4n) is 3.49. The van der Waals surface area contributed by atoms with Gasteiger partial charge >= 0.3 is 0 Å². The number of benzene rings is 2. The van der Waals surface area contributed by atoms with E-state index >= 15 is 0 Å². The van der Waals surface area contributed by atoms with Gasteiger partial charge in [0.1, 0.15) is 17.8 Å². The lowest BCUT2D eigenvalue weighted by molar-refractivity contribution is 0.0419. The van der Waals surface area contributed by atoms with Crippen LogP contribution < -0.4 is 5.32 Å². The third-order valence-corrected chi connectivity index (χ3v) is 4.72. The first-order valence-corrected chi connectivity index (χ1v) is 8.37. The molecular formula is C19H18F2N2O2. The molecule has 1 amide bonds. The van der Waals surface area contributed by atoms with E-state index in [4.69, 9.17) is 4.74 Å². The summed E-state index contributed by atoms with van der Waals surface area (Å²) in [5.74, 6) is -1.61. The largest absolute Gasteiger partial charge is 0.376 e. The molecule has 0 unspecified atom stereocenters. The molecular weight excluding hydrogens is 326 g/mol. The van der Waals surface area contributed by atoms with Crippen LogP contribution in [0.4, 0.5) is 14.5 Å². The molecule has 130 valence electrons. The summed E-state index contributed by atoms with van der Waals surface area (Å²) in [4.78, 5) is 14.5. The molecule has 0 spiro atoms. The number of nitrogens with zero attached hydrogens (tertiary/aromatic N) is 1. The topological polar surface area (TPSA) is 41.6 Å². The zero-order valence-electron chi connectivity index (χ0n) is 13.5. The summed E-state index contributed by atoms with van der Waals surface area (Å²) < 4.78 is 34.4. The van der Waals surface area contributed by atoms with Crippen LogP contribution in [0.3, 0.4) is 0 Å². The van der Waals surface area contributed by atoms with Crippen LogP contribution in [-0.4, -0.2) is 30.1 Å². The van der Waals surface area contributed by atoms with Crippen LogP contribution in [0.5, 0.6) is 0 Å². The molecule has 25 heavy (non-hydrogen) atoms. The third-order valence-electron chi connectivity index (χ3n) is 4.72. The van der Waals surface area contributed by atoms with Crippen LogP contribution in [0.15, 0.2) is 42.5 Å². The SMILES string of the molecule is O=C1c2ccccc2N[C@@H](c2c(F)cccc2F)N1C[C@@H]1CCCO1. The first kappa shape index (κ1) is 16.0. The number of para-hydroxylation sites is 1. The molecule has 4 nitrogen and oxygen atoms in total. The Morgan fingerprint density at radius 1 is 1.12 bits per heavy atom. The van der Waals surface area contributed by atoms with Gasteiger partial charge in [-0.1, -0.05) is 18.2 Å². The Hall–Kier alpha value is -2.47. The van der Waals surface area contributed by atoms with Gasteiger partial charge in [-0.25, -0.2) is 8.78 Å². The second kappa shape index (κ2) is 6.44. The van der Waals surface area contributed by atoms with Crippen LogP contribution in [0.2, 0.25) is 0 Å². The van der Waals surface area contributed by atoms with Crippen LogP contribution >= 0.6 is 0 Å². The second-order valence-electron chi connectivity index (χ2n) is 6.32. The number of halogens is 2. The number of hydrogen-bond acceptors (Lipinski definition) is 3. The Bertz CT molecular complexity index is 786. The van der Waals surface area contributed by atoms with Gasteiger partial charge in [0.25, 0.3) is 5.91 Å². The number of carbonyl (C=O) groups excluding carboxylic acids is 1. The molecule has 1 saturated heterocycles. The van der Waals surface area contributed by atoms with Gasteiger partial charge in [-0.05, 0) is 37.1 Å². The zero-order chi connectivity index (χ0) is 17.4. The lowest BCUT2D eigenvalue weighted by Gasteiger charge is -2.39. The number of anilines is 1. The van der Waals surface area contributed by atoms with Crippen molar-refractivity contribution in [2.45, 2.75) is 25.1 Å². The van der Waals surface area contributed by atoms with Gasteiger partial charge in [0.05, 0.1) is 17.2 Å². The molecule has 0 aliphatic carbocycles. The van der Waals surface area contributed by atoms with Crippen molar-refractivity contribution in [1.82, 2.24) is 4.90 Å². The van der Waals surface area contributed by atoms with E-state index in [9.17, 15) is 13.6 Å². The van der Waals surface area contributed by atoms with Gasteiger partial charge in [-0.15, -0.1) is 0 Å². The minimum atomic E-state index is -0.909. The molecule has 1 N–H and O–H groups in total. The van der Waals surface area contributed by atoms with Crippen LogP contribution in [0, 0.1) is 11.6 Å². The Morgan fingerprint density at radius 3 is 2.60 bits per heavy atom. The maximum Gasteiger partial charge on any atom is 0.257 e. The van der Waals surface area contributed by atoms with Crippen molar-refractivity contribution in [3.8, 4) is 0 Å². The van der Waals surface area contributed by atoms with Crippen molar-refractivity contribution < 1.29 is 18.3 Å². The average molecular weight is 344 g/mol. The number of rotatable bonds is 3. The second-order valence-corrected chi connectivity index (χ2v) is 6.32. The van der Waals surface area contributed by atoms with E-state index in [1.807, 2.05) is 0 Å². The van der Waals surface area contributed by atoms with Gasteiger partial charge in [0.2, 0.25) is 0 Å². The molecule has 2 aromatic rings. The molecule has 0 radical (unpaired) electrons. The Balaban J connectivity index is 1.77. The Labute approximate surface area is 144 Å². The van der Waals surface area contributed by atoms with E-state index in [0.29, 0.717) is 24.4 Å². The van der Waals surface area contributed by atoms with E-state index < -0.39 is 17.8 Å². The zero-order valence-corrected chi connectivity index (χ0v) is 13.5. The van der Waals surface area contributed by atoms with E-state index in [1.165, 1.54) is 23.1 Å². The first-order valence-electron chi connectivity index (χ1n) is 8.37. The van der Waals surface area contributed by atoms with Crippen molar-refractivity contribution in [3.63, 3.8) is 0 Å². The lowest BCUT2D eigenvalue weighted by Crippen LogP contribution is -2.47. The van der Waals surface area contributed by atoms with Crippen LogP contribution in [0.1, 0.15) is 34.9 Å². The molecule has 2 heterocycles. The van der Waals surface area contributed by atoms with Crippen molar-refractivity contribution in [2.24, 2.45) is 0 Å². The summed E-state index contributed by atoms with van der Waals surface area (Å²) >= 11 is 0. The highest BCUT2D eigenvalue weighted by atomic mass is 19.1. The molecule has 6 heteroatoms. The fourth-order valence-corrected chi connectivity index (χ4v) is 3.49. The quantitative estimate of drug-likeness (QED) is 0.923. The van der Waals surface area contributed by atoms with Gasteiger partial charge in [-0.2, -0.15) is 0 Å². The van der Waals surface area contributed by atoms with Gasteiger partial charge in [-0.3, -0.25) is 4.79 Å². The Morgan fingerprint density at radius 2 is 1.88 bits per heavy atom. The van der Waals surface area contributed by atoms with Crippen LogP contribution in [-0.2, 0) is 4.74 Å². The summed E-state index contributed by atoms with van der Waals surface area (Å²) in [5.41, 5.74) is 0.917. The number of fused-ring (bicyclic) bond motifs is 1. The standard InChI is InChI=1S/C19H18F2N2O2/c20-14-7-3-8-15(21)17(14)18-22-16-9-2-1-6-13(16)19(24)23(18)11-12-5-4-10-25-12/h1-3,6-9,12,18,22H,4-5,10-11H2/t12-,18+/m0/s1.